The molecule has 0 saturated carbocycles. The number of hydrogen-bond donors (Lipinski definition) is 1. The monoisotopic (exact) mass is 364 g/mol. The van der Waals surface area contributed by atoms with E-state index < -0.39 is 5.92 Å². The standard InChI is InChI=1S/C13H16N2O2.C4H10O.C3H6O/c1-2-3-9-11-12(16)14-15(13(11)17)10-7-5-4-6-8-10;1-3-5-4-2;1-3-2-4-3/h4-8,11H,2-3,9H2,1H3,(H,14,16);3-4H2,1-2H3;3H,2H2,1H3. The molecule has 2 unspecified atom stereocenters. The zero-order valence-corrected chi connectivity index (χ0v) is 16.4. The summed E-state index contributed by atoms with van der Waals surface area (Å²) in [5, 5.41) is 1.35. The van der Waals surface area contributed by atoms with Gasteiger partial charge in [0.2, 0.25) is 0 Å². The molecule has 0 spiro atoms. The second-order valence-corrected chi connectivity index (χ2v) is 6.11. The molecule has 0 aromatic heterocycles. The summed E-state index contributed by atoms with van der Waals surface area (Å²) in [5.74, 6) is -0.850. The number of nitrogens with zero attached hydrogens (tertiary/aromatic N) is 1. The minimum absolute atomic E-state index is 0.144. The second-order valence-electron chi connectivity index (χ2n) is 6.11. The van der Waals surface area contributed by atoms with Crippen molar-refractivity contribution < 1.29 is 19.1 Å². The molecule has 0 bridgehead atoms. The second kappa shape index (κ2) is 12.4. The molecule has 2 amide bonds. The summed E-state index contributed by atoms with van der Waals surface area (Å²) in [5.41, 5.74) is 3.34. The number of unbranched alkanes of at least 4 members (excludes halogenated alkanes) is 1. The van der Waals surface area contributed by atoms with Crippen molar-refractivity contribution in [1.29, 1.82) is 0 Å². The third-order valence-corrected chi connectivity index (χ3v) is 3.83. The van der Waals surface area contributed by atoms with Gasteiger partial charge in [0.15, 0.2) is 0 Å². The summed E-state index contributed by atoms with van der Waals surface area (Å²) in [4.78, 5) is 23.8. The van der Waals surface area contributed by atoms with Crippen LogP contribution in [0.4, 0.5) is 5.69 Å². The van der Waals surface area contributed by atoms with Crippen LogP contribution in [0.3, 0.4) is 0 Å². The van der Waals surface area contributed by atoms with Crippen LogP contribution in [0.2, 0.25) is 0 Å². The van der Waals surface area contributed by atoms with Crippen molar-refractivity contribution >= 4 is 17.5 Å². The predicted molar refractivity (Wildman–Crippen MR) is 103 cm³/mol. The quantitative estimate of drug-likeness (QED) is 0.621. The Morgan fingerprint density at radius 2 is 1.73 bits per heavy atom. The Bertz CT molecular complexity index is 530. The van der Waals surface area contributed by atoms with Gasteiger partial charge < -0.3 is 9.47 Å². The number of nitrogens with one attached hydrogen (secondary N) is 1. The number of amides is 2. The van der Waals surface area contributed by atoms with Gasteiger partial charge in [-0.25, -0.2) is 5.01 Å². The van der Waals surface area contributed by atoms with Gasteiger partial charge in [0, 0.05) is 13.2 Å². The smallest absolute Gasteiger partial charge is 0.258 e. The van der Waals surface area contributed by atoms with Gasteiger partial charge in [-0.1, -0.05) is 38.0 Å². The maximum absolute atomic E-state index is 12.1. The third-order valence-electron chi connectivity index (χ3n) is 3.83. The molecule has 1 aromatic rings. The minimum atomic E-state index is -0.518. The van der Waals surface area contributed by atoms with Crippen LogP contribution in [0, 0.1) is 5.92 Å². The maximum atomic E-state index is 12.1. The topological polar surface area (TPSA) is 71.2 Å². The highest BCUT2D eigenvalue weighted by atomic mass is 16.6. The molecule has 1 aromatic carbocycles. The van der Waals surface area contributed by atoms with Gasteiger partial charge in [0.05, 0.1) is 18.4 Å². The average molecular weight is 364 g/mol. The van der Waals surface area contributed by atoms with E-state index in [9.17, 15) is 9.59 Å². The summed E-state index contributed by atoms with van der Waals surface area (Å²) < 4.78 is 9.54. The Morgan fingerprint density at radius 3 is 2.15 bits per heavy atom. The Balaban J connectivity index is 0.000000308. The van der Waals surface area contributed by atoms with E-state index in [4.69, 9.17) is 9.47 Å². The van der Waals surface area contributed by atoms with E-state index in [-0.39, 0.29) is 11.8 Å². The van der Waals surface area contributed by atoms with Gasteiger partial charge in [0.25, 0.3) is 11.8 Å². The molecule has 2 aliphatic heterocycles. The molecule has 1 N–H and O–H groups in total. The molecule has 2 fully saturated rings. The number of carbonyl (C=O) groups is 2. The van der Waals surface area contributed by atoms with E-state index in [1.807, 2.05) is 39.0 Å². The molecule has 6 heteroatoms. The molecular weight excluding hydrogens is 332 g/mol. The lowest BCUT2D eigenvalue weighted by molar-refractivity contribution is -0.127. The van der Waals surface area contributed by atoms with E-state index in [1.54, 1.807) is 12.1 Å². The van der Waals surface area contributed by atoms with Gasteiger partial charge in [-0.3, -0.25) is 15.0 Å². The average Bonchev–Trinajstić information content (AvgIpc) is 3.38. The van der Waals surface area contributed by atoms with Crippen molar-refractivity contribution in [3.63, 3.8) is 0 Å². The lowest BCUT2D eigenvalue weighted by Crippen LogP contribution is -2.35. The molecule has 2 heterocycles. The molecule has 3 rings (SSSR count). The van der Waals surface area contributed by atoms with E-state index in [0.29, 0.717) is 18.2 Å². The highest BCUT2D eigenvalue weighted by Gasteiger charge is 2.39. The Morgan fingerprint density at radius 1 is 1.15 bits per heavy atom. The van der Waals surface area contributed by atoms with Crippen LogP contribution >= 0.6 is 0 Å². The Labute approximate surface area is 156 Å². The largest absolute Gasteiger partial charge is 0.382 e. The van der Waals surface area contributed by atoms with Crippen molar-refractivity contribution in [1.82, 2.24) is 5.43 Å². The fourth-order valence-corrected chi connectivity index (χ4v) is 2.24. The lowest BCUT2D eigenvalue weighted by atomic mass is 10.0. The molecule has 146 valence electrons. The number of rotatable bonds is 6. The zero-order valence-electron chi connectivity index (χ0n) is 16.4. The van der Waals surface area contributed by atoms with E-state index in [2.05, 4.69) is 12.3 Å². The van der Waals surface area contributed by atoms with Crippen molar-refractivity contribution in [3.8, 4) is 0 Å². The van der Waals surface area contributed by atoms with Gasteiger partial charge in [-0.15, -0.1) is 0 Å². The van der Waals surface area contributed by atoms with Crippen molar-refractivity contribution in [2.75, 3.05) is 24.8 Å². The Kier molecular flexibility index (Phi) is 10.6. The van der Waals surface area contributed by atoms with Gasteiger partial charge in [0.1, 0.15) is 5.92 Å². The molecule has 0 aliphatic carbocycles. The fraction of sp³-hybridized carbons (Fsp3) is 0.600. The lowest BCUT2D eigenvalue weighted by Gasteiger charge is -2.14. The number of ether oxygens (including phenoxy) is 2. The highest BCUT2D eigenvalue weighted by Crippen LogP contribution is 2.22. The molecule has 2 atom stereocenters. The van der Waals surface area contributed by atoms with Crippen LogP contribution in [0.1, 0.15) is 47.0 Å². The summed E-state index contributed by atoms with van der Waals surface area (Å²) in [6.07, 6.45) is 3.10. The molecule has 0 radical (unpaired) electrons. The Hall–Kier alpha value is -1.92. The summed E-state index contributed by atoms with van der Waals surface area (Å²) in [6, 6.07) is 9.17. The minimum Gasteiger partial charge on any atom is -0.382 e. The predicted octanol–water partition coefficient (Wildman–Crippen LogP) is 3.32. The SMILES string of the molecule is CC1CO1.CCCCC1C(=O)NN(c2ccccc2)C1=O.CCOCC. The number of hydrogen-bond acceptors (Lipinski definition) is 4. The van der Waals surface area contributed by atoms with Crippen LogP contribution in [-0.4, -0.2) is 37.7 Å². The number of hydrazine groups is 1. The maximum Gasteiger partial charge on any atom is 0.258 e. The van der Waals surface area contributed by atoms with Crippen molar-refractivity contribution in [2.24, 2.45) is 5.92 Å². The van der Waals surface area contributed by atoms with Gasteiger partial charge in [-0.2, -0.15) is 0 Å². The van der Waals surface area contributed by atoms with Crippen LogP contribution in [0.15, 0.2) is 30.3 Å². The fourth-order valence-electron chi connectivity index (χ4n) is 2.24. The van der Waals surface area contributed by atoms with Crippen LogP contribution in [0.5, 0.6) is 0 Å². The number of para-hydroxylation sites is 1. The van der Waals surface area contributed by atoms with Gasteiger partial charge in [-0.05, 0) is 39.3 Å². The molecular formula is C20H32N2O4. The number of carbonyl (C=O) groups excluding carboxylic acids is 2. The molecule has 26 heavy (non-hydrogen) atoms. The van der Waals surface area contributed by atoms with Crippen LogP contribution in [-0.2, 0) is 19.1 Å². The molecule has 2 aliphatic rings. The number of benzene rings is 1. The third kappa shape index (κ3) is 7.97. The summed E-state index contributed by atoms with van der Waals surface area (Å²) in [6.45, 7) is 10.8. The number of epoxide rings is 1. The van der Waals surface area contributed by atoms with Crippen molar-refractivity contribution in [3.05, 3.63) is 30.3 Å². The molecule has 2 saturated heterocycles. The normalized spacial score (nSPS) is 20.5. The van der Waals surface area contributed by atoms with E-state index in [1.165, 1.54) is 5.01 Å². The highest BCUT2D eigenvalue weighted by molar-refractivity contribution is 6.14. The first kappa shape index (κ1) is 22.1. The summed E-state index contributed by atoms with van der Waals surface area (Å²) >= 11 is 0. The van der Waals surface area contributed by atoms with E-state index in [0.717, 1.165) is 32.7 Å². The van der Waals surface area contributed by atoms with Crippen LogP contribution < -0.4 is 10.4 Å². The first-order valence-corrected chi connectivity index (χ1v) is 9.43. The van der Waals surface area contributed by atoms with Crippen molar-refractivity contribution in [2.45, 2.75) is 53.1 Å². The first-order chi connectivity index (χ1) is 12.5. The number of anilines is 1. The van der Waals surface area contributed by atoms with Gasteiger partial charge >= 0.3 is 0 Å². The van der Waals surface area contributed by atoms with E-state index >= 15 is 0 Å². The summed E-state index contributed by atoms with van der Waals surface area (Å²) in [7, 11) is 0. The zero-order chi connectivity index (χ0) is 19.4. The first-order valence-electron chi connectivity index (χ1n) is 9.43. The molecule has 6 nitrogen and oxygen atoms in total. The van der Waals surface area contributed by atoms with Crippen LogP contribution in [0.25, 0.3) is 0 Å².